The highest BCUT2D eigenvalue weighted by molar-refractivity contribution is 6.31. The summed E-state index contributed by atoms with van der Waals surface area (Å²) in [5.41, 5.74) is 2.58. The van der Waals surface area contributed by atoms with E-state index in [4.69, 9.17) is 16.3 Å². The largest absolute Gasteiger partial charge is 0.462 e. The Bertz CT molecular complexity index is 510. The van der Waals surface area contributed by atoms with E-state index in [9.17, 15) is 0 Å². The summed E-state index contributed by atoms with van der Waals surface area (Å²) in [6.07, 6.45) is 6.19. The summed E-state index contributed by atoms with van der Waals surface area (Å²) in [7, 11) is 0. The van der Waals surface area contributed by atoms with Crippen molar-refractivity contribution in [2.45, 2.75) is 46.5 Å². The number of halogens is 1. The number of benzene rings is 1. The second kappa shape index (κ2) is 7.86. The van der Waals surface area contributed by atoms with Gasteiger partial charge in [-0.15, -0.1) is 0 Å². The van der Waals surface area contributed by atoms with Crippen molar-refractivity contribution in [1.82, 2.24) is 4.90 Å². The average Bonchev–Trinajstić information content (AvgIpc) is 2.71. The molecule has 0 unspecified atom stereocenters. The van der Waals surface area contributed by atoms with Crippen LogP contribution in [-0.4, -0.2) is 24.5 Å². The van der Waals surface area contributed by atoms with Gasteiger partial charge < -0.3 is 9.64 Å². The monoisotopic (exact) mass is 307 g/mol. The van der Waals surface area contributed by atoms with Crippen molar-refractivity contribution in [3.05, 3.63) is 40.1 Å². The Morgan fingerprint density at radius 1 is 1.24 bits per heavy atom. The van der Waals surface area contributed by atoms with Gasteiger partial charge in [-0.3, -0.25) is 0 Å². The van der Waals surface area contributed by atoms with Crippen LogP contribution in [0.3, 0.4) is 0 Å². The number of hydrogen-bond acceptors (Lipinski definition) is 2. The Morgan fingerprint density at radius 2 is 1.95 bits per heavy atom. The maximum atomic E-state index is 6.43. The zero-order valence-electron chi connectivity index (χ0n) is 13.4. The predicted octanol–water partition coefficient (Wildman–Crippen LogP) is 4.84. The Kier molecular flexibility index (Phi) is 6.13. The van der Waals surface area contributed by atoms with Crippen LogP contribution < -0.4 is 4.74 Å². The van der Waals surface area contributed by atoms with Crippen LogP contribution >= 0.6 is 11.6 Å². The molecular weight excluding hydrogens is 282 g/mol. The molecule has 116 valence electrons. The first-order valence-corrected chi connectivity index (χ1v) is 8.43. The molecule has 1 aliphatic rings. The fraction of sp³-hybridized carbons (Fsp3) is 0.556. The molecule has 0 N–H and O–H groups in total. The standard InChI is InChI=1S/C18H26ClNO/c1-4-11-20-12-9-15-16(10-13-20)18(8-7-17(15)19)21-14(5-2)6-3/h5,7-8H,4,6,9-13H2,1-3H3. The summed E-state index contributed by atoms with van der Waals surface area (Å²) in [5.74, 6) is 2.01. The summed E-state index contributed by atoms with van der Waals surface area (Å²) in [4.78, 5) is 2.52. The molecule has 0 aliphatic carbocycles. The van der Waals surface area contributed by atoms with Gasteiger partial charge in [0.25, 0.3) is 0 Å². The van der Waals surface area contributed by atoms with Crippen LogP contribution in [-0.2, 0) is 12.8 Å². The Labute approximate surface area is 133 Å². The van der Waals surface area contributed by atoms with Gasteiger partial charge in [0.1, 0.15) is 5.75 Å². The molecule has 0 aromatic heterocycles. The number of ether oxygens (including phenoxy) is 1. The maximum absolute atomic E-state index is 6.43. The van der Waals surface area contributed by atoms with Gasteiger partial charge in [0, 0.05) is 30.1 Å². The topological polar surface area (TPSA) is 12.5 Å². The van der Waals surface area contributed by atoms with E-state index < -0.39 is 0 Å². The minimum atomic E-state index is 0.884. The molecule has 1 aliphatic heterocycles. The number of allylic oxidation sites excluding steroid dienone is 2. The number of fused-ring (bicyclic) bond motifs is 1. The molecule has 21 heavy (non-hydrogen) atoms. The van der Waals surface area contributed by atoms with Gasteiger partial charge in [0.2, 0.25) is 0 Å². The van der Waals surface area contributed by atoms with E-state index in [0.717, 1.165) is 55.4 Å². The van der Waals surface area contributed by atoms with Gasteiger partial charge in [-0.25, -0.2) is 0 Å². The number of rotatable bonds is 5. The van der Waals surface area contributed by atoms with E-state index in [0.29, 0.717) is 0 Å². The highest BCUT2D eigenvalue weighted by Crippen LogP contribution is 2.33. The number of hydrogen-bond donors (Lipinski definition) is 0. The number of nitrogens with zero attached hydrogens (tertiary/aromatic N) is 1. The van der Waals surface area contributed by atoms with Crippen molar-refractivity contribution in [2.24, 2.45) is 0 Å². The molecule has 0 fully saturated rings. The molecule has 1 aromatic rings. The molecule has 0 bridgehead atoms. The Balaban J connectivity index is 2.27. The van der Waals surface area contributed by atoms with Crippen molar-refractivity contribution in [1.29, 1.82) is 0 Å². The SMILES string of the molecule is CC=C(CC)Oc1ccc(Cl)c2c1CCN(CCC)CC2. The van der Waals surface area contributed by atoms with Crippen molar-refractivity contribution in [3.63, 3.8) is 0 Å². The average molecular weight is 308 g/mol. The third-order valence-corrected chi connectivity index (χ3v) is 4.49. The maximum Gasteiger partial charge on any atom is 0.130 e. The molecule has 0 spiro atoms. The zero-order chi connectivity index (χ0) is 15.2. The van der Waals surface area contributed by atoms with Crippen molar-refractivity contribution in [3.8, 4) is 5.75 Å². The normalized spacial score (nSPS) is 16.5. The lowest BCUT2D eigenvalue weighted by atomic mass is 10.0. The summed E-state index contributed by atoms with van der Waals surface area (Å²) >= 11 is 6.43. The first-order chi connectivity index (χ1) is 10.2. The van der Waals surface area contributed by atoms with E-state index in [1.54, 1.807) is 0 Å². The van der Waals surface area contributed by atoms with Crippen LogP contribution in [0.2, 0.25) is 5.02 Å². The van der Waals surface area contributed by atoms with Crippen LogP contribution in [0, 0.1) is 0 Å². The molecule has 0 atom stereocenters. The van der Waals surface area contributed by atoms with Crippen LogP contribution in [0.5, 0.6) is 5.75 Å². The predicted molar refractivity (Wildman–Crippen MR) is 90.3 cm³/mol. The summed E-state index contributed by atoms with van der Waals surface area (Å²) in [6.45, 7) is 9.72. The summed E-state index contributed by atoms with van der Waals surface area (Å²) in [5, 5.41) is 0.884. The highest BCUT2D eigenvalue weighted by atomic mass is 35.5. The van der Waals surface area contributed by atoms with Crippen molar-refractivity contribution >= 4 is 11.6 Å². The van der Waals surface area contributed by atoms with Crippen LogP contribution in [0.1, 0.15) is 44.7 Å². The van der Waals surface area contributed by atoms with Crippen molar-refractivity contribution < 1.29 is 4.74 Å². The van der Waals surface area contributed by atoms with Crippen LogP contribution in [0.4, 0.5) is 0 Å². The fourth-order valence-electron chi connectivity index (χ4n) is 2.95. The van der Waals surface area contributed by atoms with E-state index in [2.05, 4.69) is 18.7 Å². The minimum Gasteiger partial charge on any atom is -0.462 e. The van der Waals surface area contributed by atoms with Crippen LogP contribution in [0.25, 0.3) is 0 Å². The smallest absolute Gasteiger partial charge is 0.130 e. The molecule has 0 amide bonds. The molecule has 1 heterocycles. The fourth-order valence-corrected chi connectivity index (χ4v) is 3.22. The lowest BCUT2D eigenvalue weighted by Crippen LogP contribution is -2.27. The van der Waals surface area contributed by atoms with E-state index >= 15 is 0 Å². The molecular formula is C18H26ClNO. The molecule has 2 nitrogen and oxygen atoms in total. The van der Waals surface area contributed by atoms with E-state index in [1.165, 1.54) is 17.5 Å². The Hall–Kier alpha value is -0.990. The Morgan fingerprint density at radius 3 is 2.57 bits per heavy atom. The minimum absolute atomic E-state index is 0.884. The third-order valence-electron chi connectivity index (χ3n) is 4.14. The van der Waals surface area contributed by atoms with Gasteiger partial charge in [0.05, 0.1) is 5.76 Å². The van der Waals surface area contributed by atoms with Gasteiger partial charge in [-0.2, -0.15) is 0 Å². The molecule has 1 aromatic carbocycles. The summed E-state index contributed by atoms with van der Waals surface area (Å²) < 4.78 is 6.10. The van der Waals surface area contributed by atoms with Gasteiger partial charge >= 0.3 is 0 Å². The van der Waals surface area contributed by atoms with Gasteiger partial charge in [0.15, 0.2) is 0 Å². The second-order valence-electron chi connectivity index (χ2n) is 5.55. The van der Waals surface area contributed by atoms with Gasteiger partial charge in [-0.1, -0.05) is 25.4 Å². The quantitative estimate of drug-likeness (QED) is 0.721. The second-order valence-corrected chi connectivity index (χ2v) is 5.96. The van der Waals surface area contributed by atoms with E-state index in [-0.39, 0.29) is 0 Å². The molecule has 3 heteroatoms. The first-order valence-electron chi connectivity index (χ1n) is 8.05. The molecule has 0 radical (unpaired) electrons. The molecule has 2 rings (SSSR count). The molecule has 0 saturated heterocycles. The van der Waals surface area contributed by atoms with E-state index in [1.807, 2.05) is 25.1 Å². The summed E-state index contributed by atoms with van der Waals surface area (Å²) in [6, 6.07) is 4.00. The lowest BCUT2D eigenvalue weighted by molar-refractivity contribution is 0.287. The first kappa shape index (κ1) is 16.4. The third kappa shape index (κ3) is 4.02. The van der Waals surface area contributed by atoms with Crippen molar-refractivity contribution in [2.75, 3.05) is 19.6 Å². The molecule has 0 saturated carbocycles. The zero-order valence-corrected chi connectivity index (χ0v) is 14.2. The van der Waals surface area contributed by atoms with Crippen LogP contribution in [0.15, 0.2) is 24.0 Å². The van der Waals surface area contributed by atoms with Gasteiger partial charge in [-0.05, 0) is 56.5 Å². The highest BCUT2D eigenvalue weighted by Gasteiger charge is 2.19. The lowest BCUT2D eigenvalue weighted by Gasteiger charge is -2.18.